The Morgan fingerprint density at radius 1 is 0.529 bits per heavy atom. The van der Waals surface area contributed by atoms with Crippen LogP contribution in [0.1, 0.15) is 213 Å². The Morgan fingerprint density at radius 2 is 0.882 bits per heavy atom. The fourth-order valence-corrected chi connectivity index (χ4v) is 7.03. The van der Waals surface area contributed by atoms with Gasteiger partial charge in [0.2, 0.25) is 0 Å². The van der Waals surface area contributed by atoms with E-state index < -0.39 is 33.2 Å². The Morgan fingerprint density at radius 3 is 1.27 bits per heavy atom. The highest BCUT2D eigenvalue weighted by molar-refractivity contribution is 7.47. The standard InChI is InChI=1S/C41H83O9P/c1-3-5-7-9-11-13-15-17-18-19-20-21-23-25-27-29-31-33-41(44)50-40(38-49-51(45,46)48-36-39(43)35-42)37-47-34-32-30-28-26-24-22-16-14-12-10-8-6-4-2/h39-40,42-43H,3-38H2,1-2H3,(H,45,46). The molecule has 0 rings (SSSR count). The molecule has 0 aromatic heterocycles. The molecule has 0 saturated carbocycles. The largest absolute Gasteiger partial charge is 0.472 e. The summed E-state index contributed by atoms with van der Waals surface area (Å²) in [5.74, 6) is -0.376. The first-order valence-electron chi connectivity index (χ1n) is 21.5. The van der Waals surface area contributed by atoms with E-state index in [1.165, 1.54) is 161 Å². The van der Waals surface area contributed by atoms with Gasteiger partial charge in [0.15, 0.2) is 0 Å². The van der Waals surface area contributed by atoms with E-state index in [-0.39, 0.29) is 25.6 Å². The molecule has 0 amide bonds. The second-order valence-electron chi connectivity index (χ2n) is 14.7. The van der Waals surface area contributed by atoms with Crippen molar-refractivity contribution in [3.05, 3.63) is 0 Å². The lowest BCUT2D eigenvalue weighted by atomic mass is 10.0. The average molecular weight is 751 g/mol. The zero-order valence-corrected chi connectivity index (χ0v) is 34.2. The third-order valence-corrected chi connectivity index (χ3v) is 10.5. The molecule has 0 heterocycles. The normalized spacial score (nSPS) is 14.1. The van der Waals surface area contributed by atoms with Crippen LogP contribution in [0.4, 0.5) is 0 Å². The quantitative estimate of drug-likeness (QED) is 0.0317. The van der Waals surface area contributed by atoms with Gasteiger partial charge in [-0.2, -0.15) is 0 Å². The van der Waals surface area contributed by atoms with Crippen LogP contribution in [-0.4, -0.2) is 66.3 Å². The number of aliphatic hydroxyl groups is 2. The molecule has 0 aromatic rings. The number of carbonyl (C=O) groups is 1. The van der Waals surface area contributed by atoms with Crippen molar-refractivity contribution < 1.29 is 43.0 Å². The fourth-order valence-electron chi connectivity index (χ4n) is 6.24. The Hall–Kier alpha value is -0.540. The maximum atomic E-state index is 12.6. The van der Waals surface area contributed by atoms with Crippen molar-refractivity contribution in [3.63, 3.8) is 0 Å². The Labute approximate surface area is 314 Å². The molecular formula is C41H83O9P. The lowest BCUT2D eigenvalue weighted by Gasteiger charge is -2.20. The van der Waals surface area contributed by atoms with Crippen molar-refractivity contribution in [2.75, 3.05) is 33.0 Å². The smallest absolute Gasteiger partial charge is 0.457 e. The van der Waals surface area contributed by atoms with Gasteiger partial charge < -0.3 is 24.6 Å². The van der Waals surface area contributed by atoms with Gasteiger partial charge in [-0.3, -0.25) is 13.8 Å². The summed E-state index contributed by atoms with van der Waals surface area (Å²) in [7, 11) is -4.51. The van der Waals surface area contributed by atoms with E-state index in [0.717, 1.165) is 32.1 Å². The van der Waals surface area contributed by atoms with E-state index in [1.54, 1.807) is 0 Å². The molecule has 51 heavy (non-hydrogen) atoms. The van der Waals surface area contributed by atoms with Crippen LogP contribution in [0.2, 0.25) is 0 Å². The highest BCUT2D eigenvalue weighted by Crippen LogP contribution is 2.43. The number of hydrogen-bond donors (Lipinski definition) is 3. The third kappa shape index (κ3) is 39.0. The van der Waals surface area contributed by atoms with E-state index in [9.17, 15) is 19.4 Å². The molecule has 0 bridgehead atoms. The molecule has 0 radical (unpaired) electrons. The number of phosphoric ester groups is 1. The minimum Gasteiger partial charge on any atom is -0.457 e. The van der Waals surface area contributed by atoms with Gasteiger partial charge in [-0.1, -0.05) is 194 Å². The number of aliphatic hydroxyl groups excluding tert-OH is 2. The van der Waals surface area contributed by atoms with Crippen molar-refractivity contribution in [2.45, 2.75) is 225 Å². The van der Waals surface area contributed by atoms with E-state index >= 15 is 0 Å². The van der Waals surface area contributed by atoms with E-state index in [2.05, 4.69) is 13.8 Å². The van der Waals surface area contributed by atoms with Crippen molar-refractivity contribution in [1.82, 2.24) is 0 Å². The molecule has 0 saturated heterocycles. The molecule has 10 heteroatoms. The maximum absolute atomic E-state index is 12.6. The van der Waals surface area contributed by atoms with E-state index in [0.29, 0.717) is 6.61 Å². The molecular weight excluding hydrogens is 667 g/mol. The number of hydrogen-bond acceptors (Lipinski definition) is 8. The second-order valence-corrected chi connectivity index (χ2v) is 16.2. The zero-order valence-electron chi connectivity index (χ0n) is 33.3. The summed E-state index contributed by atoms with van der Waals surface area (Å²) < 4.78 is 33.3. The molecule has 0 aromatic carbocycles. The number of esters is 1. The number of rotatable bonds is 42. The maximum Gasteiger partial charge on any atom is 0.472 e. The van der Waals surface area contributed by atoms with E-state index in [4.69, 9.17) is 23.6 Å². The minimum atomic E-state index is -4.51. The summed E-state index contributed by atoms with van der Waals surface area (Å²) in [5.41, 5.74) is 0. The highest BCUT2D eigenvalue weighted by Gasteiger charge is 2.26. The summed E-state index contributed by atoms with van der Waals surface area (Å²) in [4.78, 5) is 22.5. The third-order valence-electron chi connectivity index (χ3n) is 9.54. The monoisotopic (exact) mass is 751 g/mol. The number of carbonyl (C=O) groups excluding carboxylic acids is 1. The summed E-state index contributed by atoms with van der Waals surface area (Å²) in [6, 6.07) is 0. The summed E-state index contributed by atoms with van der Waals surface area (Å²) >= 11 is 0. The van der Waals surface area contributed by atoms with Gasteiger partial charge in [0.25, 0.3) is 0 Å². The molecule has 9 nitrogen and oxygen atoms in total. The minimum absolute atomic E-state index is 0.0578. The van der Waals surface area contributed by atoms with Crippen LogP contribution in [0, 0.1) is 0 Å². The second kappa shape index (κ2) is 39.2. The summed E-state index contributed by atoms with van der Waals surface area (Å²) in [6.07, 6.45) is 36.2. The molecule has 306 valence electrons. The van der Waals surface area contributed by atoms with Crippen LogP contribution in [0.15, 0.2) is 0 Å². The van der Waals surface area contributed by atoms with Crippen molar-refractivity contribution in [3.8, 4) is 0 Å². The average Bonchev–Trinajstić information content (AvgIpc) is 3.12. The molecule has 0 aliphatic carbocycles. The topological polar surface area (TPSA) is 132 Å². The molecule has 0 aliphatic heterocycles. The Bertz CT molecular complexity index is 769. The summed E-state index contributed by atoms with van der Waals surface area (Å²) in [6.45, 7) is 3.57. The molecule has 0 spiro atoms. The van der Waals surface area contributed by atoms with Crippen LogP contribution in [-0.2, 0) is 27.9 Å². The zero-order chi connectivity index (χ0) is 37.5. The molecule has 3 atom stereocenters. The van der Waals surface area contributed by atoms with Crippen LogP contribution in [0.5, 0.6) is 0 Å². The number of unbranched alkanes of at least 4 members (excludes halogenated alkanes) is 28. The van der Waals surface area contributed by atoms with E-state index in [1.807, 2.05) is 0 Å². The van der Waals surface area contributed by atoms with Crippen molar-refractivity contribution >= 4 is 13.8 Å². The molecule has 3 N–H and O–H groups in total. The Balaban J connectivity index is 4.12. The van der Waals surface area contributed by atoms with Gasteiger partial charge in [-0.05, 0) is 12.8 Å². The van der Waals surface area contributed by atoms with Crippen LogP contribution < -0.4 is 0 Å². The lowest BCUT2D eigenvalue weighted by Crippen LogP contribution is -2.29. The predicted molar refractivity (Wildman–Crippen MR) is 210 cm³/mol. The van der Waals surface area contributed by atoms with Gasteiger partial charge in [0, 0.05) is 13.0 Å². The van der Waals surface area contributed by atoms with Gasteiger partial charge in [0.1, 0.15) is 12.2 Å². The van der Waals surface area contributed by atoms with Gasteiger partial charge in [-0.15, -0.1) is 0 Å². The highest BCUT2D eigenvalue weighted by atomic mass is 31.2. The summed E-state index contributed by atoms with van der Waals surface area (Å²) in [5, 5.41) is 18.3. The first-order chi connectivity index (χ1) is 24.8. The first-order valence-corrected chi connectivity index (χ1v) is 23.0. The van der Waals surface area contributed by atoms with Crippen molar-refractivity contribution in [1.29, 1.82) is 0 Å². The molecule has 0 aliphatic rings. The molecule has 0 fully saturated rings. The van der Waals surface area contributed by atoms with Crippen LogP contribution in [0.25, 0.3) is 0 Å². The van der Waals surface area contributed by atoms with Crippen molar-refractivity contribution in [2.24, 2.45) is 0 Å². The first kappa shape index (κ1) is 50.5. The van der Waals surface area contributed by atoms with Gasteiger partial charge in [0.05, 0.1) is 26.4 Å². The SMILES string of the molecule is CCCCCCCCCCCCCCCCCCCC(=O)OC(COCCCCCCCCCCCCCCC)COP(=O)(O)OCC(O)CO. The van der Waals surface area contributed by atoms with Gasteiger partial charge >= 0.3 is 13.8 Å². The lowest BCUT2D eigenvalue weighted by molar-refractivity contribution is -0.154. The Kier molecular flexibility index (Phi) is 38.7. The number of ether oxygens (including phenoxy) is 2. The van der Waals surface area contributed by atoms with Gasteiger partial charge in [-0.25, -0.2) is 4.57 Å². The predicted octanol–water partition coefficient (Wildman–Crippen LogP) is 11.5. The fraction of sp³-hybridized carbons (Fsp3) is 0.976. The molecule has 3 unspecified atom stereocenters. The number of phosphoric acid groups is 1. The van der Waals surface area contributed by atoms with Crippen LogP contribution in [0.3, 0.4) is 0 Å². The van der Waals surface area contributed by atoms with Crippen LogP contribution >= 0.6 is 7.82 Å².